The SMILES string of the molecule is Cl.Cl.O=C1N=C(Cc2cnc[nH]2)c2ccccc21. The maximum absolute atomic E-state index is 11.6. The van der Waals surface area contributed by atoms with Crippen LogP contribution in [0.3, 0.4) is 0 Å². The van der Waals surface area contributed by atoms with Gasteiger partial charge in [-0.05, 0) is 6.07 Å². The molecule has 4 nitrogen and oxygen atoms in total. The molecule has 0 saturated heterocycles. The Kier molecular flexibility index (Phi) is 4.64. The number of hydrogen-bond donors (Lipinski definition) is 1. The van der Waals surface area contributed by atoms with Crippen molar-refractivity contribution in [2.45, 2.75) is 6.42 Å². The van der Waals surface area contributed by atoms with Crippen LogP contribution in [0.25, 0.3) is 0 Å². The monoisotopic (exact) mass is 283 g/mol. The van der Waals surface area contributed by atoms with E-state index >= 15 is 0 Å². The molecule has 3 rings (SSSR count). The Morgan fingerprint density at radius 3 is 2.50 bits per heavy atom. The van der Waals surface area contributed by atoms with Gasteiger partial charge in [-0.15, -0.1) is 24.8 Å². The number of benzene rings is 1. The van der Waals surface area contributed by atoms with E-state index in [9.17, 15) is 4.79 Å². The number of carbonyl (C=O) groups excluding carboxylic acids is 1. The van der Waals surface area contributed by atoms with Gasteiger partial charge < -0.3 is 4.98 Å². The maximum Gasteiger partial charge on any atom is 0.277 e. The summed E-state index contributed by atoms with van der Waals surface area (Å²) in [5, 5.41) is 0. The van der Waals surface area contributed by atoms with Crippen molar-refractivity contribution in [3.05, 3.63) is 53.6 Å². The smallest absolute Gasteiger partial charge is 0.277 e. The lowest BCUT2D eigenvalue weighted by atomic mass is 10.0. The zero-order chi connectivity index (χ0) is 11.0. The van der Waals surface area contributed by atoms with Crippen molar-refractivity contribution < 1.29 is 4.79 Å². The first-order valence-corrected chi connectivity index (χ1v) is 5.03. The summed E-state index contributed by atoms with van der Waals surface area (Å²) in [6, 6.07) is 7.50. The number of amides is 1. The second-order valence-electron chi connectivity index (χ2n) is 3.66. The van der Waals surface area contributed by atoms with Gasteiger partial charge in [-0.25, -0.2) is 9.98 Å². The van der Waals surface area contributed by atoms with Gasteiger partial charge in [0.2, 0.25) is 0 Å². The van der Waals surface area contributed by atoms with Crippen LogP contribution >= 0.6 is 24.8 Å². The van der Waals surface area contributed by atoms with Gasteiger partial charge in [-0.2, -0.15) is 0 Å². The average molecular weight is 284 g/mol. The van der Waals surface area contributed by atoms with Crippen LogP contribution in [0.2, 0.25) is 0 Å². The molecule has 2 heterocycles. The molecule has 1 aromatic heterocycles. The van der Waals surface area contributed by atoms with Gasteiger partial charge in [0.1, 0.15) is 0 Å². The molecule has 6 heteroatoms. The predicted octanol–water partition coefficient (Wildman–Crippen LogP) is 2.44. The lowest BCUT2D eigenvalue weighted by Gasteiger charge is -1.99. The van der Waals surface area contributed by atoms with Crippen LogP contribution in [0, 0.1) is 0 Å². The normalized spacial score (nSPS) is 12.2. The van der Waals surface area contributed by atoms with E-state index in [0.717, 1.165) is 17.0 Å². The number of halogens is 2. The van der Waals surface area contributed by atoms with Crippen molar-refractivity contribution in [3.63, 3.8) is 0 Å². The second-order valence-corrected chi connectivity index (χ2v) is 3.66. The third kappa shape index (κ3) is 2.44. The summed E-state index contributed by atoms with van der Waals surface area (Å²) in [6.07, 6.45) is 3.98. The van der Waals surface area contributed by atoms with Gasteiger partial charge >= 0.3 is 0 Å². The van der Waals surface area contributed by atoms with Crippen molar-refractivity contribution in [1.82, 2.24) is 9.97 Å². The highest BCUT2D eigenvalue weighted by Gasteiger charge is 2.22. The Bertz CT molecular complexity index is 579. The van der Waals surface area contributed by atoms with Crippen molar-refractivity contribution in [2.24, 2.45) is 4.99 Å². The third-order valence-corrected chi connectivity index (χ3v) is 2.62. The molecule has 1 aliphatic heterocycles. The van der Waals surface area contributed by atoms with E-state index in [1.807, 2.05) is 18.2 Å². The van der Waals surface area contributed by atoms with E-state index in [1.165, 1.54) is 0 Å². The summed E-state index contributed by atoms with van der Waals surface area (Å²) in [5.41, 5.74) is 3.40. The number of rotatable bonds is 2. The Labute approximate surface area is 116 Å². The number of carbonyl (C=O) groups is 1. The molecule has 1 aromatic carbocycles. The minimum absolute atomic E-state index is 0. The molecular formula is C12H11Cl2N3O. The molecule has 0 spiro atoms. The van der Waals surface area contributed by atoms with E-state index in [1.54, 1.807) is 18.6 Å². The minimum atomic E-state index is -0.148. The van der Waals surface area contributed by atoms with Crippen LogP contribution in [0.1, 0.15) is 21.6 Å². The standard InChI is InChI=1S/C12H9N3O.2ClH/c16-12-10-4-2-1-3-9(10)11(15-12)5-8-6-13-7-14-8;;/h1-4,6-7H,5H2,(H,13,14);2*1H. The topological polar surface area (TPSA) is 58.1 Å². The Hall–Kier alpha value is -1.65. The van der Waals surface area contributed by atoms with Gasteiger partial charge in [-0.1, -0.05) is 18.2 Å². The zero-order valence-corrected chi connectivity index (χ0v) is 10.9. The molecule has 1 N–H and O–H groups in total. The molecule has 2 aromatic rings. The van der Waals surface area contributed by atoms with Crippen LogP contribution < -0.4 is 0 Å². The van der Waals surface area contributed by atoms with Crippen LogP contribution in [0.5, 0.6) is 0 Å². The first-order chi connectivity index (χ1) is 7.84. The number of imidazole rings is 1. The van der Waals surface area contributed by atoms with Gasteiger partial charge in [0.15, 0.2) is 0 Å². The molecule has 0 radical (unpaired) electrons. The first kappa shape index (κ1) is 14.4. The summed E-state index contributed by atoms with van der Waals surface area (Å²) < 4.78 is 0. The summed E-state index contributed by atoms with van der Waals surface area (Å²) >= 11 is 0. The van der Waals surface area contributed by atoms with E-state index in [2.05, 4.69) is 15.0 Å². The number of aromatic nitrogens is 2. The lowest BCUT2D eigenvalue weighted by molar-refractivity contribution is 0.101. The Balaban J connectivity index is 0.000000810. The highest BCUT2D eigenvalue weighted by molar-refractivity contribution is 6.21. The molecule has 0 unspecified atom stereocenters. The Morgan fingerprint density at radius 2 is 1.83 bits per heavy atom. The van der Waals surface area contributed by atoms with Crippen molar-refractivity contribution in [2.75, 3.05) is 0 Å². The molecule has 18 heavy (non-hydrogen) atoms. The van der Waals surface area contributed by atoms with E-state index in [4.69, 9.17) is 0 Å². The molecule has 0 aliphatic carbocycles. The molecule has 1 amide bonds. The highest BCUT2D eigenvalue weighted by Crippen LogP contribution is 2.20. The molecule has 0 saturated carbocycles. The minimum Gasteiger partial charge on any atom is -0.348 e. The van der Waals surface area contributed by atoms with Gasteiger partial charge in [-0.3, -0.25) is 4.79 Å². The first-order valence-electron chi connectivity index (χ1n) is 5.03. The highest BCUT2D eigenvalue weighted by atomic mass is 35.5. The number of nitrogens with zero attached hydrogens (tertiary/aromatic N) is 2. The second kappa shape index (κ2) is 5.80. The molecule has 0 fully saturated rings. The Morgan fingerprint density at radius 1 is 1.11 bits per heavy atom. The summed E-state index contributed by atoms with van der Waals surface area (Å²) in [6.45, 7) is 0. The van der Waals surface area contributed by atoms with Crippen molar-refractivity contribution >= 4 is 36.4 Å². The van der Waals surface area contributed by atoms with E-state index in [0.29, 0.717) is 12.0 Å². The molecule has 1 aliphatic rings. The number of hydrogen-bond acceptors (Lipinski definition) is 2. The number of nitrogens with one attached hydrogen (secondary N) is 1. The summed E-state index contributed by atoms with van der Waals surface area (Å²) in [4.78, 5) is 22.6. The van der Waals surface area contributed by atoms with Crippen LogP contribution in [-0.4, -0.2) is 21.6 Å². The average Bonchev–Trinajstić information content (AvgIpc) is 2.90. The van der Waals surface area contributed by atoms with E-state index < -0.39 is 0 Å². The molecule has 0 bridgehead atoms. The number of H-pyrrole nitrogens is 1. The lowest BCUT2D eigenvalue weighted by Crippen LogP contribution is -2.02. The van der Waals surface area contributed by atoms with Crippen LogP contribution in [0.15, 0.2) is 41.8 Å². The predicted molar refractivity (Wildman–Crippen MR) is 74.1 cm³/mol. The number of aromatic amines is 1. The van der Waals surface area contributed by atoms with Crippen LogP contribution in [0.4, 0.5) is 0 Å². The number of fused-ring (bicyclic) bond motifs is 1. The summed E-state index contributed by atoms with van der Waals surface area (Å²) in [5.74, 6) is -0.148. The van der Waals surface area contributed by atoms with E-state index in [-0.39, 0.29) is 30.7 Å². The fourth-order valence-corrected chi connectivity index (χ4v) is 1.86. The fourth-order valence-electron chi connectivity index (χ4n) is 1.86. The fraction of sp³-hybridized carbons (Fsp3) is 0.0833. The van der Waals surface area contributed by atoms with Crippen molar-refractivity contribution in [1.29, 1.82) is 0 Å². The van der Waals surface area contributed by atoms with Crippen molar-refractivity contribution in [3.8, 4) is 0 Å². The maximum atomic E-state index is 11.6. The largest absolute Gasteiger partial charge is 0.348 e. The zero-order valence-electron chi connectivity index (χ0n) is 9.29. The molecule has 0 atom stereocenters. The summed E-state index contributed by atoms with van der Waals surface area (Å²) in [7, 11) is 0. The molecular weight excluding hydrogens is 273 g/mol. The van der Waals surface area contributed by atoms with Gasteiger partial charge in [0.05, 0.1) is 17.6 Å². The van der Waals surface area contributed by atoms with Gasteiger partial charge in [0, 0.05) is 23.9 Å². The van der Waals surface area contributed by atoms with Crippen LogP contribution in [-0.2, 0) is 6.42 Å². The third-order valence-electron chi connectivity index (χ3n) is 2.62. The number of aliphatic imine (C=N–C) groups is 1. The van der Waals surface area contributed by atoms with Gasteiger partial charge in [0.25, 0.3) is 5.91 Å². The molecule has 94 valence electrons. The quantitative estimate of drug-likeness (QED) is 0.920.